The number of aromatic nitrogens is 4. The molecule has 0 N–H and O–H groups in total. The van der Waals surface area contributed by atoms with Gasteiger partial charge in [-0.25, -0.2) is 0 Å². The Hall–Kier alpha value is -5.94. The quantitative estimate of drug-likeness (QED) is 0.182. The highest BCUT2D eigenvalue weighted by Crippen LogP contribution is 2.37. The number of benzene rings is 6. The second kappa shape index (κ2) is 11.3. The Morgan fingerprint density at radius 3 is 1.27 bits per heavy atom. The zero-order valence-corrected chi connectivity index (χ0v) is 28.2. The van der Waals surface area contributed by atoms with Crippen molar-refractivity contribution in [3.05, 3.63) is 132 Å². The van der Waals surface area contributed by atoms with Gasteiger partial charge >= 0.3 is 0 Å². The van der Waals surface area contributed by atoms with Crippen LogP contribution < -0.4 is 0 Å². The van der Waals surface area contributed by atoms with Gasteiger partial charge in [0.25, 0.3) is 0 Å². The summed E-state index contributed by atoms with van der Waals surface area (Å²) in [4.78, 5) is 0. The molecule has 0 spiro atoms. The number of aryl methyl sites for hydroxylation is 4. The Bertz CT molecular complexity index is 2540. The topological polar surface area (TPSA) is 48.8 Å². The molecular weight excluding hydrogens is 601 g/mol. The Balaban J connectivity index is 1.02. The molecule has 0 atom stereocenters. The summed E-state index contributed by atoms with van der Waals surface area (Å²) in [5.41, 5.74) is 13.9. The van der Waals surface area contributed by atoms with Crippen molar-refractivity contribution in [2.24, 2.45) is 0 Å². The van der Waals surface area contributed by atoms with Crippen LogP contribution in [0.2, 0.25) is 0 Å². The summed E-state index contributed by atoms with van der Waals surface area (Å²) < 4.78 is 11.1. The van der Waals surface area contributed by atoms with E-state index in [0.717, 1.165) is 35.3 Å². The van der Waals surface area contributed by atoms with E-state index in [4.69, 9.17) is 4.42 Å². The third-order valence-electron chi connectivity index (χ3n) is 10.2. The predicted octanol–water partition coefficient (Wildman–Crippen LogP) is 11.6. The molecule has 49 heavy (non-hydrogen) atoms. The molecule has 5 heteroatoms. The van der Waals surface area contributed by atoms with E-state index in [1.54, 1.807) is 0 Å². The van der Waals surface area contributed by atoms with E-state index in [1.807, 2.05) is 0 Å². The summed E-state index contributed by atoms with van der Waals surface area (Å²) in [6, 6.07) is 43.8. The minimum absolute atomic E-state index is 0.529. The van der Waals surface area contributed by atoms with Crippen LogP contribution in [0.1, 0.15) is 25.0 Å². The fourth-order valence-electron chi connectivity index (χ4n) is 7.76. The lowest BCUT2D eigenvalue weighted by Gasteiger charge is -2.08. The number of para-hydroxylation sites is 2. The van der Waals surface area contributed by atoms with E-state index in [9.17, 15) is 0 Å². The molecule has 0 aliphatic heterocycles. The lowest BCUT2D eigenvalue weighted by Crippen LogP contribution is -1.92. The second-order valence-electron chi connectivity index (χ2n) is 13.0. The maximum atomic E-state index is 6.32. The van der Waals surface area contributed by atoms with E-state index in [-0.39, 0.29) is 0 Å². The van der Waals surface area contributed by atoms with Crippen molar-refractivity contribution in [2.45, 2.75) is 40.8 Å². The van der Waals surface area contributed by atoms with Gasteiger partial charge in [0.1, 0.15) is 0 Å². The van der Waals surface area contributed by atoms with Crippen LogP contribution in [0.3, 0.4) is 0 Å². The average Bonchev–Trinajstić information content (AvgIpc) is 3.83. The second-order valence-corrected chi connectivity index (χ2v) is 13.0. The number of rotatable bonds is 6. The molecule has 3 heterocycles. The molecule has 0 unspecified atom stereocenters. The first-order valence-electron chi connectivity index (χ1n) is 17.1. The molecule has 5 nitrogen and oxygen atoms in total. The van der Waals surface area contributed by atoms with Crippen LogP contribution in [0.15, 0.2) is 126 Å². The maximum Gasteiger partial charge on any atom is 0.248 e. The van der Waals surface area contributed by atoms with Crippen LogP contribution >= 0.6 is 0 Å². The molecule has 0 saturated carbocycles. The van der Waals surface area contributed by atoms with Crippen molar-refractivity contribution in [2.75, 3.05) is 0 Å². The maximum absolute atomic E-state index is 6.32. The number of hydrogen-bond acceptors (Lipinski definition) is 3. The zero-order valence-electron chi connectivity index (χ0n) is 28.2. The lowest BCUT2D eigenvalue weighted by molar-refractivity contribution is 0.584. The minimum atomic E-state index is 0.529. The van der Waals surface area contributed by atoms with Gasteiger partial charge in [0.15, 0.2) is 0 Å². The van der Waals surface area contributed by atoms with Crippen LogP contribution in [0.4, 0.5) is 0 Å². The summed E-state index contributed by atoms with van der Waals surface area (Å²) in [5, 5.41) is 14.1. The lowest BCUT2D eigenvalue weighted by atomic mass is 9.98. The molecule has 3 aromatic heterocycles. The van der Waals surface area contributed by atoms with Crippen molar-refractivity contribution < 1.29 is 4.42 Å². The summed E-state index contributed by atoms with van der Waals surface area (Å²) in [7, 11) is 0. The standard InChI is InChI=1S/C44H36N4O/c1-5-47-39-13-9-7-11-35(39)37-25-31(17-21-41(37)47)29-15-19-33(27(3)23-29)43-45-46-44(49-43)34-20-16-30(24-28(34)4)32-18-22-42-38(26-32)36-12-8-10-14-40(36)48(42)6-2/h7-26H,5-6H2,1-4H3. The van der Waals surface area contributed by atoms with E-state index < -0.39 is 0 Å². The number of fused-ring (bicyclic) bond motifs is 6. The smallest absolute Gasteiger partial charge is 0.248 e. The first-order chi connectivity index (χ1) is 24.0. The van der Waals surface area contributed by atoms with Crippen LogP contribution in [0.25, 0.3) is 88.8 Å². The third-order valence-corrected chi connectivity index (χ3v) is 10.2. The van der Waals surface area contributed by atoms with Gasteiger partial charge in [0, 0.05) is 67.8 Å². The monoisotopic (exact) mass is 636 g/mol. The molecule has 6 aromatic carbocycles. The number of nitrogens with zero attached hydrogens (tertiary/aromatic N) is 4. The molecule has 9 rings (SSSR count). The molecule has 0 amide bonds. The van der Waals surface area contributed by atoms with E-state index in [1.165, 1.54) is 65.9 Å². The summed E-state index contributed by atoms with van der Waals surface area (Å²) in [5.74, 6) is 1.06. The molecule has 238 valence electrons. The van der Waals surface area contributed by atoms with Crippen molar-refractivity contribution in [1.82, 2.24) is 19.3 Å². The van der Waals surface area contributed by atoms with Crippen molar-refractivity contribution in [3.63, 3.8) is 0 Å². The first kappa shape index (κ1) is 29.2. The average molecular weight is 637 g/mol. The van der Waals surface area contributed by atoms with Crippen molar-refractivity contribution in [1.29, 1.82) is 0 Å². The SMILES string of the molecule is CCn1c2ccccc2c2cc(-c3ccc(-c4nnc(-c5ccc(-c6ccc7c(c6)c6ccccc6n7CC)cc5C)o4)c(C)c3)ccc21. The van der Waals surface area contributed by atoms with Gasteiger partial charge in [-0.3, -0.25) is 0 Å². The third kappa shape index (κ3) is 4.61. The van der Waals surface area contributed by atoms with Crippen LogP contribution in [-0.4, -0.2) is 19.3 Å². The fourth-order valence-corrected chi connectivity index (χ4v) is 7.76. The Morgan fingerprint density at radius 2 is 0.837 bits per heavy atom. The first-order valence-corrected chi connectivity index (χ1v) is 17.1. The van der Waals surface area contributed by atoms with Crippen LogP contribution in [-0.2, 0) is 13.1 Å². The Kier molecular flexibility index (Phi) is 6.76. The summed E-state index contributed by atoms with van der Waals surface area (Å²) in [6.45, 7) is 10.5. The van der Waals surface area contributed by atoms with Crippen LogP contribution in [0.5, 0.6) is 0 Å². The molecule has 0 radical (unpaired) electrons. The molecule has 0 bridgehead atoms. The molecule has 0 saturated heterocycles. The van der Waals surface area contributed by atoms with Gasteiger partial charge in [-0.05, 0) is 110 Å². The molecule has 9 aromatic rings. The Labute approximate surface area is 285 Å². The molecule has 0 aliphatic rings. The highest BCUT2D eigenvalue weighted by atomic mass is 16.4. The normalized spacial score (nSPS) is 11.8. The van der Waals surface area contributed by atoms with Gasteiger partial charge in [0.05, 0.1) is 0 Å². The van der Waals surface area contributed by atoms with Gasteiger partial charge in [-0.15, -0.1) is 10.2 Å². The minimum Gasteiger partial charge on any atom is -0.416 e. The fraction of sp³-hybridized carbons (Fsp3) is 0.136. The molecule has 0 fully saturated rings. The summed E-state index contributed by atoms with van der Waals surface area (Å²) in [6.07, 6.45) is 0. The molecule has 0 aliphatic carbocycles. The van der Waals surface area contributed by atoms with Gasteiger partial charge in [0.2, 0.25) is 11.8 Å². The number of hydrogen-bond donors (Lipinski definition) is 0. The van der Waals surface area contributed by atoms with E-state index in [0.29, 0.717) is 11.8 Å². The molecular formula is C44H36N4O. The van der Waals surface area contributed by atoms with Gasteiger partial charge < -0.3 is 13.6 Å². The van der Waals surface area contributed by atoms with Gasteiger partial charge in [-0.2, -0.15) is 0 Å². The Morgan fingerprint density at radius 1 is 0.449 bits per heavy atom. The summed E-state index contributed by atoms with van der Waals surface area (Å²) >= 11 is 0. The zero-order chi connectivity index (χ0) is 33.2. The van der Waals surface area contributed by atoms with E-state index >= 15 is 0 Å². The van der Waals surface area contributed by atoms with Crippen molar-refractivity contribution in [3.8, 4) is 45.2 Å². The predicted molar refractivity (Wildman–Crippen MR) is 203 cm³/mol. The van der Waals surface area contributed by atoms with Crippen molar-refractivity contribution >= 4 is 43.6 Å². The van der Waals surface area contributed by atoms with Crippen LogP contribution in [0, 0.1) is 13.8 Å². The van der Waals surface area contributed by atoms with Gasteiger partial charge in [-0.1, -0.05) is 72.8 Å². The highest BCUT2D eigenvalue weighted by molar-refractivity contribution is 6.10. The highest BCUT2D eigenvalue weighted by Gasteiger charge is 2.17. The van der Waals surface area contributed by atoms with E-state index in [2.05, 4.69) is 168 Å². The largest absolute Gasteiger partial charge is 0.416 e.